The molecule has 3 fully saturated rings. The summed E-state index contributed by atoms with van der Waals surface area (Å²) in [6.07, 6.45) is 7.78. The molecule has 3 aliphatic rings. The van der Waals surface area contributed by atoms with E-state index in [4.69, 9.17) is 14.7 Å². The number of aryl methyl sites for hydroxylation is 1. The second kappa shape index (κ2) is 9.64. The number of imidazole rings is 1. The standard InChI is InChI=1S/C36H34N6O2/c1-40-33-30(16-24(18-32(33)44-2)36(43)41-20-22-10-12-25(41)15-22)39-35(40)31-17-23-11-13-29(38-34(23)42(31)19-21-8-9-21)27-5-3-7-28-26(27)6-4-14-37-28/h3-7,11,13-14,16-18,21-22,25H,8-10,12,15,19-20H2,1-2H3. The average Bonchev–Trinajstić information content (AvgIpc) is 3.34. The van der Waals surface area contributed by atoms with Crippen molar-refractivity contribution in [2.24, 2.45) is 18.9 Å². The molecule has 0 spiro atoms. The molecule has 8 nitrogen and oxygen atoms in total. The van der Waals surface area contributed by atoms with Crippen LogP contribution in [0.1, 0.15) is 42.5 Å². The highest BCUT2D eigenvalue weighted by molar-refractivity contribution is 6.01. The Morgan fingerprint density at radius 1 is 0.977 bits per heavy atom. The summed E-state index contributed by atoms with van der Waals surface area (Å²) in [5.74, 6) is 2.90. The molecule has 0 N–H and O–H groups in total. The summed E-state index contributed by atoms with van der Waals surface area (Å²) in [6.45, 7) is 1.76. The topological polar surface area (TPSA) is 78.1 Å². The number of pyridine rings is 2. The summed E-state index contributed by atoms with van der Waals surface area (Å²) in [6, 6.07) is 21.0. The summed E-state index contributed by atoms with van der Waals surface area (Å²) in [7, 11) is 3.71. The van der Waals surface area contributed by atoms with Gasteiger partial charge in [-0.1, -0.05) is 18.2 Å². The molecule has 5 heterocycles. The molecule has 4 aromatic heterocycles. The number of piperidine rings is 1. The minimum absolute atomic E-state index is 0.0906. The van der Waals surface area contributed by atoms with Crippen LogP contribution in [0.5, 0.6) is 5.75 Å². The lowest BCUT2D eigenvalue weighted by Crippen LogP contribution is -2.37. The number of nitrogens with zero attached hydrogens (tertiary/aromatic N) is 6. The minimum atomic E-state index is 0.0906. The molecule has 0 radical (unpaired) electrons. The van der Waals surface area contributed by atoms with Crippen molar-refractivity contribution < 1.29 is 9.53 Å². The third-order valence-corrected chi connectivity index (χ3v) is 10.1. The van der Waals surface area contributed by atoms with Crippen molar-refractivity contribution in [2.75, 3.05) is 13.7 Å². The maximum atomic E-state index is 13.7. The van der Waals surface area contributed by atoms with E-state index < -0.39 is 0 Å². The first-order valence-corrected chi connectivity index (χ1v) is 15.8. The third kappa shape index (κ3) is 3.96. The number of hydrogen-bond donors (Lipinski definition) is 0. The SMILES string of the molecule is COc1cc(C(=O)N2CC3CCC2C3)cc2nc(-c3cc4ccc(-c5cccc6ncccc56)nc4n3CC3CC3)n(C)c12. The van der Waals surface area contributed by atoms with Crippen molar-refractivity contribution in [3.63, 3.8) is 0 Å². The van der Waals surface area contributed by atoms with Crippen LogP contribution >= 0.6 is 0 Å². The zero-order chi connectivity index (χ0) is 29.5. The van der Waals surface area contributed by atoms with Crippen LogP contribution in [0.4, 0.5) is 0 Å². The van der Waals surface area contributed by atoms with Crippen LogP contribution in [-0.4, -0.2) is 54.6 Å². The van der Waals surface area contributed by atoms with E-state index >= 15 is 0 Å². The molecule has 220 valence electrons. The van der Waals surface area contributed by atoms with E-state index in [1.807, 2.05) is 43.6 Å². The molecule has 1 aliphatic heterocycles. The number of aromatic nitrogens is 5. The van der Waals surface area contributed by atoms with E-state index in [0.29, 0.717) is 29.2 Å². The second-order valence-electron chi connectivity index (χ2n) is 12.9. The van der Waals surface area contributed by atoms with Gasteiger partial charge in [0.2, 0.25) is 0 Å². The van der Waals surface area contributed by atoms with E-state index in [1.54, 1.807) is 7.11 Å². The van der Waals surface area contributed by atoms with Gasteiger partial charge in [0.1, 0.15) is 16.9 Å². The fourth-order valence-corrected chi connectivity index (χ4v) is 7.69. The molecule has 2 saturated carbocycles. The summed E-state index contributed by atoms with van der Waals surface area (Å²) in [5, 5.41) is 2.18. The van der Waals surface area contributed by atoms with Crippen molar-refractivity contribution in [1.82, 2.24) is 29.0 Å². The Morgan fingerprint density at radius 3 is 2.68 bits per heavy atom. The van der Waals surface area contributed by atoms with E-state index in [1.165, 1.54) is 19.3 Å². The molecule has 1 saturated heterocycles. The third-order valence-electron chi connectivity index (χ3n) is 10.1. The second-order valence-corrected chi connectivity index (χ2v) is 12.9. The number of amides is 1. The van der Waals surface area contributed by atoms with Crippen molar-refractivity contribution >= 4 is 38.9 Å². The van der Waals surface area contributed by atoms with Crippen molar-refractivity contribution in [3.8, 4) is 28.5 Å². The van der Waals surface area contributed by atoms with Gasteiger partial charge in [-0.15, -0.1) is 0 Å². The Bertz CT molecular complexity index is 2120. The number of ether oxygens (including phenoxy) is 1. The Hall–Kier alpha value is -4.72. The van der Waals surface area contributed by atoms with Crippen LogP contribution in [-0.2, 0) is 13.6 Å². The lowest BCUT2D eigenvalue weighted by Gasteiger charge is -2.27. The predicted octanol–water partition coefficient (Wildman–Crippen LogP) is 6.85. The summed E-state index contributed by atoms with van der Waals surface area (Å²) in [5.41, 5.74) is 7.28. The predicted molar refractivity (Wildman–Crippen MR) is 172 cm³/mol. The van der Waals surface area contributed by atoms with Gasteiger partial charge >= 0.3 is 0 Å². The van der Waals surface area contributed by atoms with Gasteiger partial charge in [0.25, 0.3) is 5.91 Å². The summed E-state index contributed by atoms with van der Waals surface area (Å²) in [4.78, 5) is 30.7. The minimum Gasteiger partial charge on any atom is -0.494 e. The van der Waals surface area contributed by atoms with Crippen LogP contribution in [0.15, 0.2) is 66.9 Å². The Labute approximate surface area is 255 Å². The summed E-state index contributed by atoms with van der Waals surface area (Å²) >= 11 is 0. The van der Waals surface area contributed by atoms with Crippen LogP contribution in [0.25, 0.3) is 55.7 Å². The van der Waals surface area contributed by atoms with Crippen LogP contribution in [0, 0.1) is 11.8 Å². The summed E-state index contributed by atoms with van der Waals surface area (Å²) < 4.78 is 10.3. The Balaban J connectivity index is 1.18. The molecular weight excluding hydrogens is 548 g/mol. The molecule has 44 heavy (non-hydrogen) atoms. The first-order chi connectivity index (χ1) is 21.6. The largest absolute Gasteiger partial charge is 0.494 e. The smallest absolute Gasteiger partial charge is 0.254 e. The maximum absolute atomic E-state index is 13.7. The number of likely N-dealkylation sites (tertiary alicyclic amines) is 1. The molecule has 2 unspecified atom stereocenters. The van der Waals surface area contributed by atoms with Gasteiger partial charge in [0.05, 0.1) is 29.5 Å². The fraction of sp³-hybridized carbons (Fsp3) is 0.333. The Kier molecular flexibility index (Phi) is 5.64. The molecule has 8 heteroatoms. The molecule has 2 bridgehead atoms. The number of hydrogen-bond acceptors (Lipinski definition) is 5. The van der Waals surface area contributed by atoms with Gasteiger partial charge in [0.15, 0.2) is 5.82 Å². The van der Waals surface area contributed by atoms with E-state index in [9.17, 15) is 4.79 Å². The first kappa shape index (κ1) is 25.7. The van der Waals surface area contributed by atoms with Gasteiger partial charge in [0, 0.05) is 54.3 Å². The number of rotatable bonds is 6. The lowest BCUT2D eigenvalue weighted by molar-refractivity contribution is 0.0703. The monoisotopic (exact) mass is 582 g/mol. The number of carbonyl (C=O) groups is 1. The highest BCUT2D eigenvalue weighted by atomic mass is 16.5. The first-order valence-electron chi connectivity index (χ1n) is 15.8. The van der Waals surface area contributed by atoms with E-state index in [2.05, 4.69) is 49.3 Å². The van der Waals surface area contributed by atoms with E-state index in [0.717, 1.165) is 81.7 Å². The van der Waals surface area contributed by atoms with Crippen LogP contribution in [0.2, 0.25) is 0 Å². The van der Waals surface area contributed by atoms with Crippen LogP contribution in [0.3, 0.4) is 0 Å². The van der Waals surface area contributed by atoms with Crippen molar-refractivity contribution in [3.05, 3.63) is 72.4 Å². The van der Waals surface area contributed by atoms with Crippen LogP contribution < -0.4 is 4.74 Å². The molecule has 1 amide bonds. The molecule has 2 aliphatic carbocycles. The van der Waals surface area contributed by atoms with Gasteiger partial charge in [-0.25, -0.2) is 9.97 Å². The molecule has 2 aromatic carbocycles. The quantitative estimate of drug-likeness (QED) is 0.215. The van der Waals surface area contributed by atoms with Gasteiger partial charge in [-0.2, -0.15) is 0 Å². The molecule has 2 atom stereocenters. The van der Waals surface area contributed by atoms with Crippen molar-refractivity contribution in [1.29, 1.82) is 0 Å². The van der Waals surface area contributed by atoms with Gasteiger partial charge in [-0.3, -0.25) is 9.78 Å². The zero-order valence-corrected chi connectivity index (χ0v) is 25.0. The molecule has 6 aromatic rings. The molecular formula is C36H34N6O2. The zero-order valence-electron chi connectivity index (χ0n) is 25.0. The maximum Gasteiger partial charge on any atom is 0.254 e. The normalized spacial score (nSPS) is 19.5. The fourth-order valence-electron chi connectivity index (χ4n) is 7.69. The lowest BCUT2D eigenvalue weighted by atomic mass is 10.0. The van der Waals surface area contributed by atoms with Gasteiger partial charge in [-0.05, 0) is 86.4 Å². The van der Waals surface area contributed by atoms with Crippen molar-refractivity contribution in [2.45, 2.75) is 44.7 Å². The van der Waals surface area contributed by atoms with E-state index in [-0.39, 0.29) is 5.91 Å². The number of benzene rings is 2. The Morgan fingerprint density at radius 2 is 1.89 bits per heavy atom. The number of carbonyl (C=O) groups excluding carboxylic acids is 1. The highest BCUT2D eigenvalue weighted by Gasteiger charge is 2.40. The van der Waals surface area contributed by atoms with Gasteiger partial charge < -0.3 is 18.8 Å². The number of methoxy groups -OCH3 is 1. The average molecular weight is 583 g/mol. The molecule has 9 rings (SSSR count). The highest BCUT2D eigenvalue weighted by Crippen LogP contribution is 2.41. The number of fused-ring (bicyclic) bond motifs is 5.